The standard InChI is InChI=1S/C21H18O8/c1-9(22)11-8-13-16(20(28-4)17(11)21(25)29-5)19(24)15-12(18(13)23)6-10(26-2)7-14(15)27-3/h6-8H,1-5H3. The first kappa shape index (κ1) is 20.1. The smallest absolute Gasteiger partial charge is 0.342 e. The van der Waals surface area contributed by atoms with Crippen molar-refractivity contribution in [2.45, 2.75) is 6.92 Å². The first-order valence-electron chi connectivity index (χ1n) is 8.50. The lowest BCUT2D eigenvalue weighted by Gasteiger charge is -2.24. The topological polar surface area (TPSA) is 105 Å². The second-order valence-corrected chi connectivity index (χ2v) is 6.21. The number of carbonyl (C=O) groups excluding carboxylic acids is 4. The molecule has 0 atom stereocenters. The Bertz CT molecular complexity index is 1080. The third-order valence-electron chi connectivity index (χ3n) is 4.73. The van der Waals surface area contributed by atoms with Gasteiger partial charge in [-0.25, -0.2) is 4.79 Å². The number of hydrogen-bond acceptors (Lipinski definition) is 8. The van der Waals surface area contributed by atoms with Crippen molar-refractivity contribution in [2.24, 2.45) is 0 Å². The van der Waals surface area contributed by atoms with Crippen molar-refractivity contribution < 1.29 is 38.1 Å². The van der Waals surface area contributed by atoms with Crippen LogP contribution in [-0.2, 0) is 4.74 Å². The van der Waals surface area contributed by atoms with Crippen LogP contribution in [0.25, 0.3) is 0 Å². The molecule has 0 aliphatic heterocycles. The lowest BCUT2D eigenvalue weighted by molar-refractivity contribution is 0.0593. The van der Waals surface area contributed by atoms with Gasteiger partial charge in [-0.15, -0.1) is 0 Å². The highest BCUT2D eigenvalue weighted by Crippen LogP contribution is 2.42. The van der Waals surface area contributed by atoms with Crippen LogP contribution in [0.15, 0.2) is 18.2 Å². The molecule has 150 valence electrons. The summed E-state index contributed by atoms with van der Waals surface area (Å²) in [6.45, 7) is 1.24. The molecule has 0 aromatic heterocycles. The van der Waals surface area contributed by atoms with E-state index in [1.165, 1.54) is 46.5 Å². The Morgan fingerprint density at radius 3 is 1.97 bits per heavy atom. The highest BCUT2D eigenvalue weighted by molar-refractivity contribution is 6.31. The SMILES string of the molecule is COC(=O)c1c(C(C)=O)cc2c(c1OC)C(=O)c1c(OC)cc(OC)cc1C2=O. The normalized spacial score (nSPS) is 12.0. The molecule has 0 bridgehead atoms. The number of esters is 1. The Labute approximate surface area is 166 Å². The highest BCUT2D eigenvalue weighted by atomic mass is 16.5. The van der Waals surface area contributed by atoms with Crippen molar-refractivity contribution in [1.29, 1.82) is 0 Å². The summed E-state index contributed by atoms with van der Waals surface area (Å²) in [6, 6.07) is 4.13. The molecule has 8 heteroatoms. The summed E-state index contributed by atoms with van der Waals surface area (Å²) in [6.07, 6.45) is 0. The van der Waals surface area contributed by atoms with Gasteiger partial charge in [-0.3, -0.25) is 14.4 Å². The van der Waals surface area contributed by atoms with E-state index in [0.717, 1.165) is 7.11 Å². The molecule has 29 heavy (non-hydrogen) atoms. The average Bonchev–Trinajstić information content (AvgIpc) is 2.73. The molecule has 0 saturated heterocycles. The van der Waals surface area contributed by atoms with Crippen LogP contribution in [0.3, 0.4) is 0 Å². The van der Waals surface area contributed by atoms with Gasteiger partial charge < -0.3 is 18.9 Å². The largest absolute Gasteiger partial charge is 0.497 e. The summed E-state index contributed by atoms with van der Waals surface area (Å²) < 4.78 is 20.5. The number of ketones is 3. The average molecular weight is 398 g/mol. The number of carbonyl (C=O) groups is 4. The fourth-order valence-corrected chi connectivity index (χ4v) is 3.40. The van der Waals surface area contributed by atoms with E-state index >= 15 is 0 Å². The fraction of sp³-hybridized carbons (Fsp3) is 0.238. The molecule has 0 unspecified atom stereocenters. The maximum absolute atomic E-state index is 13.4. The zero-order valence-electron chi connectivity index (χ0n) is 16.5. The van der Waals surface area contributed by atoms with Crippen molar-refractivity contribution in [3.05, 3.63) is 51.6 Å². The van der Waals surface area contributed by atoms with Gasteiger partial charge in [0.2, 0.25) is 5.78 Å². The van der Waals surface area contributed by atoms with Gasteiger partial charge in [0.1, 0.15) is 22.8 Å². The Kier molecular flexibility index (Phi) is 5.11. The number of benzene rings is 2. The first-order chi connectivity index (χ1) is 13.8. The molecule has 0 amide bonds. The van der Waals surface area contributed by atoms with E-state index in [1.54, 1.807) is 0 Å². The fourth-order valence-electron chi connectivity index (χ4n) is 3.40. The van der Waals surface area contributed by atoms with Crippen LogP contribution in [0.4, 0.5) is 0 Å². The number of rotatable bonds is 5. The van der Waals surface area contributed by atoms with Gasteiger partial charge in [0.25, 0.3) is 0 Å². The molecule has 2 aromatic carbocycles. The zero-order chi connectivity index (χ0) is 21.5. The van der Waals surface area contributed by atoms with Gasteiger partial charge in [0, 0.05) is 22.8 Å². The van der Waals surface area contributed by atoms with Crippen LogP contribution in [-0.4, -0.2) is 51.8 Å². The molecular formula is C21H18O8. The summed E-state index contributed by atoms with van der Waals surface area (Å²) in [5, 5.41) is 0. The van der Waals surface area contributed by atoms with Crippen molar-refractivity contribution in [3.8, 4) is 17.2 Å². The van der Waals surface area contributed by atoms with Crippen molar-refractivity contribution >= 4 is 23.3 Å². The second-order valence-electron chi connectivity index (χ2n) is 6.21. The first-order valence-corrected chi connectivity index (χ1v) is 8.50. The van der Waals surface area contributed by atoms with E-state index in [2.05, 4.69) is 0 Å². The summed E-state index contributed by atoms with van der Waals surface area (Å²) >= 11 is 0. The lowest BCUT2D eigenvalue weighted by atomic mass is 9.80. The molecule has 0 N–H and O–H groups in total. The minimum absolute atomic E-state index is 0.0236. The molecule has 0 fully saturated rings. The summed E-state index contributed by atoms with van der Waals surface area (Å²) in [5.74, 6) is -2.17. The van der Waals surface area contributed by atoms with Crippen LogP contribution < -0.4 is 14.2 Å². The van der Waals surface area contributed by atoms with Crippen LogP contribution in [0.5, 0.6) is 17.2 Å². The Morgan fingerprint density at radius 1 is 0.793 bits per heavy atom. The number of hydrogen-bond donors (Lipinski definition) is 0. The summed E-state index contributed by atoms with van der Waals surface area (Å²) in [5.41, 5.74) is -0.367. The van der Waals surface area contributed by atoms with Crippen LogP contribution >= 0.6 is 0 Å². The minimum Gasteiger partial charge on any atom is -0.497 e. The van der Waals surface area contributed by atoms with Gasteiger partial charge in [0.15, 0.2) is 11.6 Å². The van der Waals surface area contributed by atoms with Crippen molar-refractivity contribution in [1.82, 2.24) is 0 Å². The van der Waals surface area contributed by atoms with Crippen LogP contribution in [0.2, 0.25) is 0 Å². The van der Waals surface area contributed by atoms with Crippen LogP contribution in [0, 0.1) is 0 Å². The third-order valence-corrected chi connectivity index (χ3v) is 4.73. The lowest BCUT2D eigenvalue weighted by Crippen LogP contribution is -2.25. The third kappa shape index (κ3) is 2.93. The Morgan fingerprint density at radius 2 is 1.45 bits per heavy atom. The summed E-state index contributed by atoms with van der Waals surface area (Å²) in [4.78, 5) is 51.1. The monoisotopic (exact) mass is 398 g/mol. The molecule has 3 rings (SSSR count). The molecule has 1 aliphatic carbocycles. The number of Topliss-reactive ketones (excluding diaryl/α,β-unsaturated/α-hetero) is 1. The molecular weight excluding hydrogens is 380 g/mol. The van der Waals surface area contributed by atoms with E-state index in [0.29, 0.717) is 5.75 Å². The Hall–Kier alpha value is -3.68. The molecule has 1 aliphatic rings. The van der Waals surface area contributed by atoms with Gasteiger partial charge in [0.05, 0.1) is 39.6 Å². The number of fused-ring (bicyclic) bond motifs is 2. The van der Waals surface area contributed by atoms with E-state index in [9.17, 15) is 19.2 Å². The number of ether oxygens (including phenoxy) is 4. The maximum atomic E-state index is 13.4. The number of methoxy groups -OCH3 is 4. The predicted octanol–water partition coefficient (Wildman–Crippen LogP) is 2.48. The quantitative estimate of drug-likeness (QED) is 0.477. The van der Waals surface area contributed by atoms with Crippen molar-refractivity contribution in [3.63, 3.8) is 0 Å². The zero-order valence-corrected chi connectivity index (χ0v) is 16.5. The molecule has 0 spiro atoms. The maximum Gasteiger partial charge on any atom is 0.342 e. The Balaban J connectivity index is 2.44. The van der Waals surface area contributed by atoms with Gasteiger partial charge in [-0.1, -0.05) is 0 Å². The second kappa shape index (κ2) is 7.38. The van der Waals surface area contributed by atoms with E-state index < -0.39 is 23.3 Å². The van der Waals surface area contributed by atoms with Gasteiger partial charge in [-0.2, -0.15) is 0 Å². The predicted molar refractivity (Wildman–Crippen MR) is 101 cm³/mol. The summed E-state index contributed by atoms with van der Waals surface area (Å²) in [7, 11) is 5.16. The molecule has 8 nitrogen and oxygen atoms in total. The van der Waals surface area contributed by atoms with Gasteiger partial charge in [-0.05, 0) is 19.1 Å². The van der Waals surface area contributed by atoms with Gasteiger partial charge >= 0.3 is 5.97 Å². The molecule has 0 saturated carbocycles. The van der Waals surface area contributed by atoms with E-state index in [4.69, 9.17) is 18.9 Å². The molecule has 2 aromatic rings. The molecule has 0 radical (unpaired) electrons. The van der Waals surface area contributed by atoms with E-state index in [1.807, 2.05) is 0 Å². The van der Waals surface area contributed by atoms with Crippen LogP contribution in [0.1, 0.15) is 59.5 Å². The van der Waals surface area contributed by atoms with Crippen molar-refractivity contribution in [2.75, 3.05) is 28.4 Å². The van der Waals surface area contributed by atoms with E-state index in [-0.39, 0.29) is 44.9 Å². The highest BCUT2D eigenvalue weighted by Gasteiger charge is 2.39. The minimum atomic E-state index is -0.859. The molecule has 0 heterocycles.